The van der Waals surface area contributed by atoms with E-state index >= 15 is 0 Å². The van der Waals surface area contributed by atoms with Gasteiger partial charge in [-0.3, -0.25) is 4.79 Å². The first-order chi connectivity index (χ1) is 9.84. The lowest BCUT2D eigenvalue weighted by Crippen LogP contribution is -2.46. The average molecular weight is 331 g/mol. The summed E-state index contributed by atoms with van der Waals surface area (Å²) in [6.45, 7) is 1.49. The molecule has 9 heteroatoms. The third kappa shape index (κ3) is 4.05. The van der Waals surface area contributed by atoms with E-state index in [4.69, 9.17) is 22.7 Å². The van der Waals surface area contributed by atoms with E-state index in [-0.39, 0.29) is 15.8 Å². The van der Waals surface area contributed by atoms with Crippen molar-refractivity contribution >= 4 is 33.3 Å². The van der Waals surface area contributed by atoms with Crippen molar-refractivity contribution < 1.29 is 17.9 Å². The van der Waals surface area contributed by atoms with Crippen LogP contribution in [-0.2, 0) is 14.8 Å². The van der Waals surface area contributed by atoms with E-state index in [2.05, 4.69) is 5.32 Å². The van der Waals surface area contributed by atoms with Gasteiger partial charge in [0.1, 0.15) is 17.2 Å². The van der Waals surface area contributed by atoms with Crippen molar-refractivity contribution in [1.82, 2.24) is 9.62 Å². The minimum Gasteiger partial charge on any atom is -0.492 e. The first kappa shape index (κ1) is 17.2. The lowest BCUT2D eigenvalue weighted by Gasteiger charge is -2.24. The number of hydrogen-bond donors (Lipinski definition) is 2. The molecule has 0 aliphatic heterocycles. The fraction of sp³-hybridized carbons (Fsp3) is 0.333. The number of nitrogens with zero attached hydrogens (tertiary/aromatic N) is 1. The quantitative estimate of drug-likeness (QED) is 0.715. The van der Waals surface area contributed by atoms with Crippen molar-refractivity contribution in [3.05, 3.63) is 24.3 Å². The molecule has 0 aromatic heterocycles. The fourth-order valence-corrected chi connectivity index (χ4v) is 3.42. The highest BCUT2D eigenvalue weighted by Gasteiger charge is 2.30. The van der Waals surface area contributed by atoms with Gasteiger partial charge < -0.3 is 15.8 Å². The summed E-state index contributed by atoms with van der Waals surface area (Å²) < 4.78 is 31.4. The Morgan fingerprint density at radius 3 is 2.57 bits per heavy atom. The molecule has 0 radical (unpaired) electrons. The van der Waals surface area contributed by atoms with Crippen molar-refractivity contribution in [3.63, 3.8) is 0 Å². The van der Waals surface area contributed by atoms with E-state index in [0.29, 0.717) is 6.61 Å². The number of benzene rings is 1. The van der Waals surface area contributed by atoms with Crippen LogP contribution in [0.15, 0.2) is 29.2 Å². The van der Waals surface area contributed by atoms with Crippen LogP contribution in [0.25, 0.3) is 0 Å². The molecule has 116 valence electrons. The number of rotatable bonds is 6. The topological polar surface area (TPSA) is 102 Å². The van der Waals surface area contributed by atoms with Crippen molar-refractivity contribution in [2.24, 2.45) is 5.73 Å². The molecule has 21 heavy (non-hydrogen) atoms. The van der Waals surface area contributed by atoms with E-state index in [1.54, 1.807) is 19.1 Å². The molecule has 0 aliphatic carbocycles. The number of nitrogens with one attached hydrogen (secondary N) is 1. The van der Waals surface area contributed by atoms with E-state index < -0.39 is 22.5 Å². The van der Waals surface area contributed by atoms with Gasteiger partial charge in [0.05, 0.1) is 6.61 Å². The number of ether oxygens (including phenoxy) is 1. The summed E-state index contributed by atoms with van der Waals surface area (Å²) in [5.41, 5.74) is 5.09. The molecular formula is C12H17N3O4S2. The van der Waals surface area contributed by atoms with Crippen LogP contribution in [-0.4, -0.2) is 43.9 Å². The zero-order valence-electron chi connectivity index (χ0n) is 11.7. The molecular weight excluding hydrogens is 314 g/mol. The fourth-order valence-electron chi connectivity index (χ4n) is 1.59. The van der Waals surface area contributed by atoms with Crippen LogP contribution in [0.3, 0.4) is 0 Å². The standard InChI is InChI=1S/C12H17N3O4S2/c1-3-19-9-6-4-5-7-10(9)21(17,18)15(8-11(13)16)12(20)14-2/h4-7H,3,8H2,1-2H3,(H2,13,16)(H,14,20). The summed E-state index contributed by atoms with van der Waals surface area (Å²) in [5, 5.41) is 2.40. The maximum absolute atomic E-state index is 12.7. The lowest BCUT2D eigenvalue weighted by molar-refractivity contribution is -0.117. The highest BCUT2D eigenvalue weighted by Crippen LogP contribution is 2.26. The summed E-state index contributed by atoms with van der Waals surface area (Å²) in [7, 11) is -2.60. The van der Waals surface area contributed by atoms with Crippen LogP contribution >= 0.6 is 12.2 Å². The maximum Gasteiger partial charge on any atom is 0.270 e. The van der Waals surface area contributed by atoms with Crippen LogP contribution < -0.4 is 15.8 Å². The van der Waals surface area contributed by atoms with Gasteiger partial charge in [-0.05, 0) is 31.3 Å². The highest BCUT2D eigenvalue weighted by atomic mass is 32.2. The number of amides is 1. The summed E-state index contributed by atoms with van der Waals surface area (Å²) >= 11 is 4.94. The van der Waals surface area contributed by atoms with Crippen LogP contribution in [0.1, 0.15) is 6.92 Å². The van der Waals surface area contributed by atoms with E-state index in [0.717, 1.165) is 4.31 Å². The summed E-state index contributed by atoms with van der Waals surface area (Å²) in [6, 6.07) is 6.12. The third-order valence-corrected chi connectivity index (χ3v) is 4.78. The average Bonchev–Trinajstić information content (AvgIpc) is 2.44. The second kappa shape index (κ2) is 7.23. The number of carbonyl (C=O) groups is 1. The van der Waals surface area contributed by atoms with Gasteiger partial charge in [-0.15, -0.1) is 0 Å². The molecule has 3 N–H and O–H groups in total. The Hall–Kier alpha value is -1.87. The van der Waals surface area contributed by atoms with Crippen molar-refractivity contribution in [2.75, 3.05) is 20.2 Å². The third-order valence-electron chi connectivity index (χ3n) is 2.46. The summed E-state index contributed by atoms with van der Waals surface area (Å²) in [5.74, 6) is -0.626. The second-order valence-electron chi connectivity index (χ2n) is 3.91. The number of sulfonamides is 1. The van der Waals surface area contributed by atoms with E-state index in [1.165, 1.54) is 19.2 Å². The predicted octanol–water partition coefficient (Wildman–Crippen LogP) is 0.0656. The Balaban J connectivity index is 3.35. The Morgan fingerprint density at radius 1 is 1.43 bits per heavy atom. The molecule has 0 saturated carbocycles. The van der Waals surface area contributed by atoms with Crippen molar-refractivity contribution in [2.45, 2.75) is 11.8 Å². The van der Waals surface area contributed by atoms with Crippen LogP contribution in [0, 0.1) is 0 Å². The first-order valence-corrected chi connectivity index (χ1v) is 7.94. The van der Waals surface area contributed by atoms with E-state index in [9.17, 15) is 13.2 Å². The molecule has 1 rings (SSSR count). The number of para-hydroxylation sites is 1. The zero-order chi connectivity index (χ0) is 16.0. The van der Waals surface area contributed by atoms with Crippen LogP contribution in [0.4, 0.5) is 0 Å². The van der Waals surface area contributed by atoms with Gasteiger partial charge in [0, 0.05) is 7.05 Å². The number of primary amides is 1. The van der Waals surface area contributed by atoms with E-state index in [1.807, 2.05) is 0 Å². The van der Waals surface area contributed by atoms with Crippen LogP contribution in [0.5, 0.6) is 5.75 Å². The number of carbonyl (C=O) groups excluding carboxylic acids is 1. The smallest absolute Gasteiger partial charge is 0.270 e. The second-order valence-corrected chi connectivity index (χ2v) is 6.13. The number of hydrogen-bond acceptors (Lipinski definition) is 5. The van der Waals surface area contributed by atoms with Gasteiger partial charge in [0.2, 0.25) is 5.91 Å². The van der Waals surface area contributed by atoms with Gasteiger partial charge in [0.15, 0.2) is 5.11 Å². The van der Waals surface area contributed by atoms with Crippen molar-refractivity contribution in [3.8, 4) is 5.75 Å². The molecule has 0 saturated heterocycles. The summed E-state index contributed by atoms with van der Waals surface area (Å²) in [4.78, 5) is 11.0. The molecule has 0 fully saturated rings. The number of thiocarbonyl (C=S) groups is 1. The van der Waals surface area contributed by atoms with Gasteiger partial charge >= 0.3 is 0 Å². The molecule has 7 nitrogen and oxygen atoms in total. The Kier molecular flexibility index (Phi) is 5.91. The minimum atomic E-state index is -4.06. The largest absolute Gasteiger partial charge is 0.492 e. The number of nitrogens with two attached hydrogens (primary N) is 1. The molecule has 1 aromatic carbocycles. The Labute approximate surface area is 129 Å². The zero-order valence-corrected chi connectivity index (χ0v) is 13.3. The molecule has 1 amide bonds. The first-order valence-electron chi connectivity index (χ1n) is 6.09. The van der Waals surface area contributed by atoms with Gasteiger partial charge in [-0.2, -0.15) is 0 Å². The van der Waals surface area contributed by atoms with Gasteiger partial charge in [-0.1, -0.05) is 12.1 Å². The van der Waals surface area contributed by atoms with Crippen LogP contribution in [0.2, 0.25) is 0 Å². The van der Waals surface area contributed by atoms with Gasteiger partial charge in [-0.25, -0.2) is 12.7 Å². The maximum atomic E-state index is 12.7. The normalized spacial score (nSPS) is 10.8. The van der Waals surface area contributed by atoms with Gasteiger partial charge in [0.25, 0.3) is 10.0 Å². The molecule has 0 spiro atoms. The SMILES string of the molecule is CCOc1ccccc1S(=O)(=O)N(CC(N)=O)C(=S)NC. The highest BCUT2D eigenvalue weighted by molar-refractivity contribution is 7.91. The molecule has 0 heterocycles. The molecule has 0 aliphatic rings. The molecule has 1 aromatic rings. The lowest BCUT2D eigenvalue weighted by atomic mass is 10.3. The van der Waals surface area contributed by atoms with Crippen molar-refractivity contribution in [1.29, 1.82) is 0 Å². The summed E-state index contributed by atoms with van der Waals surface area (Å²) in [6.07, 6.45) is 0. The molecule has 0 unspecified atom stereocenters. The minimum absolute atomic E-state index is 0.0781. The Bertz CT molecular complexity index is 631. The monoisotopic (exact) mass is 331 g/mol. The Morgan fingerprint density at radius 2 is 2.05 bits per heavy atom. The predicted molar refractivity (Wildman–Crippen MR) is 82.4 cm³/mol. The molecule has 0 atom stereocenters. The molecule has 0 bridgehead atoms.